The molecule has 5 nitrogen and oxygen atoms in total. The summed E-state index contributed by atoms with van der Waals surface area (Å²) < 4.78 is 5.15. The van der Waals surface area contributed by atoms with Crippen LogP contribution in [0.1, 0.15) is 5.56 Å². The van der Waals surface area contributed by atoms with Gasteiger partial charge in [-0.25, -0.2) is 4.99 Å². The van der Waals surface area contributed by atoms with Gasteiger partial charge in [-0.15, -0.1) is 0 Å². The van der Waals surface area contributed by atoms with Crippen molar-refractivity contribution in [2.75, 3.05) is 7.11 Å². The number of allylic oxidation sites excluding steroid dienone is 2. The molecule has 1 amide bonds. The van der Waals surface area contributed by atoms with Crippen molar-refractivity contribution in [3.05, 3.63) is 53.9 Å². The van der Waals surface area contributed by atoms with E-state index in [9.17, 15) is 4.79 Å². The standard InChI is InChI=1S/C15H17N3O2/c1-20-14-9-12(14)8-11-2-4-13(5-3-11)18-15(16)6-7-17-10-19/h2-7,9-10,12H,8H2,1H3,(H2,16,18)(H,17,19)/b7-6-. The lowest BCUT2D eigenvalue weighted by molar-refractivity contribution is -0.108. The first-order valence-electron chi connectivity index (χ1n) is 6.28. The fourth-order valence-corrected chi connectivity index (χ4v) is 1.85. The van der Waals surface area contributed by atoms with E-state index in [0.717, 1.165) is 17.9 Å². The lowest BCUT2D eigenvalue weighted by atomic mass is 10.1. The minimum Gasteiger partial charge on any atom is -0.501 e. The van der Waals surface area contributed by atoms with Crippen molar-refractivity contribution < 1.29 is 9.53 Å². The van der Waals surface area contributed by atoms with Gasteiger partial charge in [-0.1, -0.05) is 12.1 Å². The number of nitrogens with one attached hydrogen (secondary N) is 1. The van der Waals surface area contributed by atoms with E-state index in [0.29, 0.717) is 18.2 Å². The van der Waals surface area contributed by atoms with E-state index in [1.165, 1.54) is 17.8 Å². The minimum absolute atomic E-state index is 0.331. The zero-order valence-electron chi connectivity index (χ0n) is 11.2. The number of nitrogens with two attached hydrogens (primary N) is 1. The van der Waals surface area contributed by atoms with Gasteiger partial charge in [0.05, 0.1) is 18.6 Å². The number of rotatable bonds is 7. The zero-order chi connectivity index (χ0) is 14.4. The van der Waals surface area contributed by atoms with Crippen molar-refractivity contribution >= 4 is 17.9 Å². The van der Waals surface area contributed by atoms with Crippen LogP contribution in [0.15, 0.2) is 53.4 Å². The number of carbonyl (C=O) groups excluding carboxylic acids is 1. The van der Waals surface area contributed by atoms with E-state index in [2.05, 4.69) is 16.4 Å². The number of hydrogen-bond donors (Lipinski definition) is 2. The topological polar surface area (TPSA) is 76.7 Å². The number of benzene rings is 1. The summed E-state index contributed by atoms with van der Waals surface area (Å²) in [5, 5.41) is 2.37. The number of carbonyl (C=O) groups is 1. The largest absolute Gasteiger partial charge is 0.501 e. The summed E-state index contributed by atoms with van der Waals surface area (Å²) in [6.45, 7) is 0. The van der Waals surface area contributed by atoms with Crippen molar-refractivity contribution in [2.45, 2.75) is 6.42 Å². The van der Waals surface area contributed by atoms with Crippen LogP contribution in [0.4, 0.5) is 5.69 Å². The summed E-state index contributed by atoms with van der Waals surface area (Å²) in [6, 6.07) is 7.88. The summed E-state index contributed by atoms with van der Waals surface area (Å²) in [5.74, 6) is 1.83. The van der Waals surface area contributed by atoms with Gasteiger partial charge in [-0.05, 0) is 36.3 Å². The van der Waals surface area contributed by atoms with Crippen LogP contribution >= 0.6 is 0 Å². The smallest absolute Gasteiger partial charge is 0.211 e. The summed E-state index contributed by atoms with van der Waals surface area (Å²) in [6.07, 6.45) is 6.59. The SMILES string of the molecule is COC1=CC1Cc1ccc(N=C(N)/C=C\NC=O)cc1. The molecular weight excluding hydrogens is 254 g/mol. The second-order valence-corrected chi connectivity index (χ2v) is 4.40. The summed E-state index contributed by atoms with van der Waals surface area (Å²) in [5.41, 5.74) is 7.70. The molecule has 5 heteroatoms. The molecule has 20 heavy (non-hydrogen) atoms. The van der Waals surface area contributed by atoms with Crippen LogP contribution in [0.5, 0.6) is 0 Å². The van der Waals surface area contributed by atoms with Crippen molar-refractivity contribution in [3.8, 4) is 0 Å². The second-order valence-electron chi connectivity index (χ2n) is 4.40. The number of amidine groups is 1. The average Bonchev–Trinajstić information content (AvgIpc) is 3.20. The fourth-order valence-electron chi connectivity index (χ4n) is 1.85. The number of nitrogens with zero attached hydrogens (tertiary/aromatic N) is 1. The zero-order valence-corrected chi connectivity index (χ0v) is 11.2. The molecule has 104 valence electrons. The first-order valence-corrected chi connectivity index (χ1v) is 6.28. The molecular formula is C15H17N3O2. The highest BCUT2D eigenvalue weighted by atomic mass is 16.5. The van der Waals surface area contributed by atoms with E-state index < -0.39 is 0 Å². The summed E-state index contributed by atoms with van der Waals surface area (Å²) in [4.78, 5) is 14.3. The predicted octanol–water partition coefficient (Wildman–Crippen LogP) is 1.64. The van der Waals surface area contributed by atoms with Crippen LogP contribution in [-0.2, 0) is 16.0 Å². The Kier molecular flexibility index (Phi) is 4.55. The number of methoxy groups -OCH3 is 1. The number of hydrogen-bond acceptors (Lipinski definition) is 3. The highest BCUT2D eigenvalue weighted by Gasteiger charge is 2.25. The second kappa shape index (κ2) is 6.56. The monoisotopic (exact) mass is 271 g/mol. The van der Waals surface area contributed by atoms with Gasteiger partial charge < -0.3 is 15.8 Å². The third-order valence-corrected chi connectivity index (χ3v) is 2.93. The Morgan fingerprint density at radius 1 is 1.45 bits per heavy atom. The lowest BCUT2D eigenvalue weighted by Crippen LogP contribution is -2.09. The Morgan fingerprint density at radius 3 is 2.80 bits per heavy atom. The number of aliphatic imine (C=N–C) groups is 1. The predicted molar refractivity (Wildman–Crippen MR) is 78.4 cm³/mol. The Hall–Kier alpha value is -2.56. The molecule has 1 aliphatic rings. The molecule has 0 fully saturated rings. The molecule has 1 aliphatic carbocycles. The molecule has 1 unspecified atom stereocenters. The Labute approximate surface area is 117 Å². The fraction of sp³-hybridized carbons (Fsp3) is 0.200. The maximum atomic E-state index is 10.1. The maximum Gasteiger partial charge on any atom is 0.211 e. The van der Waals surface area contributed by atoms with E-state index in [1.54, 1.807) is 7.11 Å². The molecule has 3 N–H and O–H groups in total. The molecule has 1 aromatic carbocycles. The van der Waals surface area contributed by atoms with Crippen molar-refractivity contribution in [1.29, 1.82) is 0 Å². The van der Waals surface area contributed by atoms with E-state index in [-0.39, 0.29) is 0 Å². The third-order valence-electron chi connectivity index (χ3n) is 2.93. The van der Waals surface area contributed by atoms with Gasteiger partial charge in [0.2, 0.25) is 6.41 Å². The summed E-state index contributed by atoms with van der Waals surface area (Å²) in [7, 11) is 1.69. The molecule has 0 radical (unpaired) electrons. The third kappa shape index (κ3) is 3.98. The van der Waals surface area contributed by atoms with E-state index in [1.807, 2.05) is 24.3 Å². The van der Waals surface area contributed by atoms with E-state index in [4.69, 9.17) is 10.5 Å². The van der Waals surface area contributed by atoms with Crippen LogP contribution in [0.3, 0.4) is 0 Å². The van der Waals surface area contributed by atoms with Gasteiger partial charge >= 0.3 is 0 Å². The van der Waals surface area contributed by atoms with Crippen LogP contribution in [0.2, 0.25) is 0 Å². The Bertz CT molecular complexity index is 559. The quantitative estimate of drug-likeness (QED) is 0.449. The molecule has 0 saturated carbocycles. The van der Waals surface area contributed by atoms with Crippen LogP contribution in [-0.4, -0.2) is 19.4 Å². The number of ether oxygens (including phenoxy) is 1. The Morgan fingerprint density at radius 2 is 2.20 bits per heavy atom. The molecule has 0 heterocycles. The van der Waals surface area contributed by atoms with Crippen LogP contribution < -0.4 is 11.1 Å². The van der Waals surface area contributed by atoms with Gasteiger partial charge in [-0.3, -0.25) is 4.79 Å². The molecule has 1 atom stereocenters. The molecule has 1 aromatic rings. The normalized spacial score (nSPS) is 17.8. The van der Waals surface area contributed by atoms with Gasteiger partial charge in [0.15, 0.2) is 0 Å². The van der Waals surface area contributed by atoms with Crippen LogP contribution in [0.25, 0.3) is 0 Å². The first kappa shape index (κ1) is 13.9. The summed E-state index contributed by atoms with van der Waals surface area (Å²) >= 11 is 0. The number of amides is 1. The van der Waals surface area contributed by atoms with Crippen molar-refractivity contribution in [3.63, 3.8) is 0 Å². The maximum absolute atomic E-state index is 10.1. The first-order chi connectivity index (χ1) is 9.72. The average molecular weight is 271 g/mol. The van der Waals surface area contributed by atoms with Gasteiger partial charge in [0.25, 0.3) is 0 Å². The minimum atomic E-state index is 0.331. The van der Waals surface area contributed by atoms with Crippen LogP contribution in [0, 0.1) is 5.92 Å². The van der Waals surface area contributed by atoms with E-state index >= 15 is 0 Å². The molecule has 0 aliphatic heterocycles. The van der Waals surface area contributed by atoms with Gasteiger partial charge in [-0.2, -0.15) is 0 Å². The highest BCUT2D eigenvalue weighted by molar-refractivity contribution is 5.93. The highest BCUT2D eigenvalue weighted by Crippen LogP contribution is 2.32. The molecule has 2 rings (SSSR count). The van der Waals surface area contributed by atoms with Crippen molar-refractivity contribution in [2.24, 2.45) is 16.6 Å². The van der Waals surface area contributed by atoms with Crippen molar-refractivity contribution in [1.82, 2.24) is 5.32 Å². The molecule has 0 bridgehead atoms. The van der Waals surface area contributed by atoms with Gasteiger partial charge in [0, 0.05) is 12.1 Å². The molecule has 0 saturated heterocycles. The Balaban J connectivity index is 1.91. The van der Waals surface area contributed by atoms with Gasteiger partial charge in [0.1, 0.15) is 5.84 Å². The molecule has 0 aromatic heterocycles. The lowest BCUT2D eigenvalue weighted by Gasteiger charge is -2.02. The molecule has 0 spiro atoms.